The maximum Gasteiger partial charge on any atom is 0.295 e. The molecule has 1 fully saturated rings. The van der Waals surface area contributed by atoms with Crippen molar-refractivity contribution in [1.29, 1.82) is 0 Å². The second kappa shape index (κ2) is 7.63. The van der Waals surface area contributed by atoms with E-state index in [1.807, 2.05) is 30.3 Å². The molecule has 1 N–H and O–H groups in total. The molecule has 0 saturated carbocycles. The largest absolute Gasteiger partial charge is 0.495 e. The fraction of sp³-hybridized carbons (Fsp3) is 0.111. The Bertz CT molecular complexity index is 854. The van der Waals surface area contributed by atoms with Gasteiger partial charge in [0.15, 0.2) is 0 Å². The van der Waals surface area contributed by atoms with E-state index in [0.29, 0.717) is 26.9 Å². The Labute approximate surface area is 154 Å². The van der Waals surface area contributed by atoms with E-state index in [2.05, 4.69) is 5.32 Å². The van der Waals surface area contributed by atoms with Crippen molar-refractivity contribution < 1.29 is 14.3 Å². The summed E-state index contributed by atoms with van der Waals surface area (Å²) >= 11 is 7.01. The van der Waals surface area contributed by atoms with E-state index >= 15 is 0 Å². The maximum absolute atomic E-state index is 12.5. The maximum atomic E-state index is 12.5. The third-order valence-electron chi connectivity index (χ3n) is 3.60. The molecule has 25 heavy (non-hydrogen) atoms. The zero-order valence-electron chi connectivity index (χ0n) is 13.4. The number of imide groups is 1. The van der Waals surface area contributed by atoms with Crippen LogP contribution < -0.4 is 10.1 Å². The number of carbonyl (C=O) groups excluding carboxylic acids is 2. The van der Waals surface area contributed by atoms with E-state index in [1.54, 1.807) is 31.4 Å². The minimum absolute atomic E-state index is 0.0604. The topological polar surface area (TPSA) is 58.6 Å². The Morgan fingerprint density at radius 2 is 1.88 bits per heavy atom. The molecule has 1 aliphatic heterocycles. The number of hydrogen-bond acceptors (Lipinski definition) is 5. The smallest absolute Gasteiger partial charge is 0.295 e. The number of nitrogens with one attached hydrogen (secondary N) is 1. The van der Waals surface area contributed by atoms with Crippen molar-refractivity contribution in [2.45, 2.75) is 0 Å². The number of para-hydroxylation sites is 2. The number of ether oxygens (including phenoxy) is 1. The average molecular weight is 375 g/mol. The van der Waals surface area contributed by atoms with E-state index in [1.165, 1.54) is 0 Å². The Balaban J connectivity index is 1.75. The van der Waals surface area contributed by atoms with Crippen LogP contribution in [0.3, 0.4) is 0 Å². The predicted octanol–water partition coefficient (Wildman–Crippen LogP) is 4.45. The Morgan fingerprint density at radius 3 is 2.64 bits per heavy atom. The summed E-state index contributed by atoms with van der Waals surface area (Å²) in [5.74, 6) is 0.290. The highest BCUT2D eigenvalue weighted by Gasteiger charge is 2.35. The van der Waals surface area contributed by atoms with Gasteiger partial charge < -0.3 is 10.1 Å². The van der Waals surface area contributed by atoms with Gasteiger partial charge in [0.25, 0.3) is 11.1 Å². The third-order valence-corrected chi connectivity index (χ3v) is 4.85. The minimum Gasteiger partial charge on any atom is -0.495 e. The second-order valence-corrected chi connectivity index (χ2v) is 6.57. The van der Waals surface area contributed by atoms with Gasteiger partial charge in [0, 0.05) is 5.02 Å². The van der Waals surface area contributed by atoms with E-state index in [0.717, 1.165) is 16.7 Å². The summed E-state index contributed by atoms with van der Waals surface area (Å²) in [6.45, 7) is 0.0604. The highest BCUT2D eigenvalue weighted by molar-refractivity contribution is 8.18. The number of halogens is 1. The van der Waals surface area contributed by atoms with Gasteiger partial charge in [-0.1, -0.05) is 41.9 Å². The zero-order valence-corrected chi connectivity index (χ0v) is 14.9. The number of rotatable bonds is 5. The van der Waals surface area contributed by atoms with Gasteiger partial charge >= 0.3 is 0 Å². The van der Waals surface area contributed by atoms with Crippen LogP contribution >= 0.6 is 23.4 Å². The van der Waals surface area contributed by atoms with Crippen molar-refractivity contribution >= 4 is 46.3 Å². The summed E-state index contributed by atoms with van der Waals surface area (Å²) in [7, 11) is 1.56. The first-order valence-electron chi connectivity index (χ1n) is 7.47. The molecule has 2 amide bonds. The summed E-state index contributed by atoms with van der Waals surface area (Å²) < 4.78 is 5.25. The molecule has 2 aromatic carbocycles. The fourth-order valence-corrected chi connectivity index (χ4v) is 3.34. The standard InChI is InChI=1S/C18H15ClN2O3S/c1-24-15-9-5-4-8-14(15)20-11-21-17(22)16(25-18(21)23)10-12-6-2-3-7-13(12)19/h2-10,20H,11H2,1H3/b16-10-. The predicted molar refractivity (Wildman–Crippen MR) is 101 cm³/mol. The summed E-state index contributed by atoms with van der Waals surface area (Å²) in [5.41, 5.74) is 1.41. The van der Waals surface area contributed by atoms with Crippen LogP contribution in [-0.2, 0) is 4.79 Å². The number of hydrogen-bond donors (Lipinski definition) is 1. The summed E-state index contributed by atoms with van der Waals surface area (Å²) in [6.07, 6.45) is 1.64. The molecule has 1 saturated heterocycles. The van der Waals surface area contributed by atoms with Crippen molar-refractivity contribution in [2.24, 2.45) is 0 Å². The first kappa shape index (κ1) is 17.4. The van der Waals surface area contributed by atoms with Crippen molar-refractivity contribution in [3.63, 3.8) is 0 Å². The molecule has 1 aliphatic rings. The van der Waals surface area contributed by atoms with Gasteiger partial charge in [0.2, 0.25) is 0 Å². The highest BCUT2D eigenvalue weighted by Crippen LogP contribution is 2.33. The van der Waals surface area contributed by atoms with Crippen LogP contribution in [0.25, 0.3) is 6.08 Å². The molecular formula is C18H15ClN2O3S. The van der Waals surface area contributed by atoms with Gasteiger partial charge in [-0.15, -0.1) is 0 Å². The van der Waals surface area contributed by atoms with Gasteiger partial charge in [-0.05, 0) is 41.6 Å². The molecule has 7 heteroatoms. The highest BCUT2D eigenvalue weighted by atomic mass is 35.5. The van der Waals surface area contributed by atoms with Gasteiger partial charge in [0.05, 0.1) is 24.4 Å². The van der Waals surface area contributed by atoms with Crippen LogP contribution in [0.1, 0.15) is 5.56 Å². The van der Waals surface area contributed by atoms with Crippen LogP contribution in [0, 0.1) is 0 Å². The molecule has 0 aliphatic carbocycles. The van der Waals surface area contributed by atoms with Crippen molar-refractivity contribution in [3.8, 4) is 5.75 Å². The van der Waals surface area contributed by atoms with Crippen molar-refractivity contribution in [2.75, 3.05) is 19.1 Å². The summed E-state index contributed by atoms with van der Waals surface area (Å²) in [4.78, 5) is 26.2. The lowest BCUT2D eigenvalue weighted by Crippen LogP contribution is -2.33. The molecule has 0 bridgehead atoms. The quantitative estimate of drug-likeness (QED) is 0.783. The molecule has 3 rings (SSSR count). The van der Waals surface area contributed by atoms with Crippen LogP contribution in [0.5, 0.6) is 5.75 Å². The Morgan fingerprint density at radius 1 is 1.16 bits per heavy atom. The molecule has 0 radical (unpaired) electrons. The monoisotopic (exact) mass is 374 g/mol. The van der Waals surface area contributed by atoms with Crippen LogP contribution in [-0.4, -0.2) is 29.8 Å². The van der Waals surface area contributed by atoms with E-state index in [4.69, 9.17) is 16.3 Å². The normalized spacial score (nSPS) is 15.8. The van der Waals surface area contributed by atoms with E-state index < -0.39 is 0 Å². The number of anilines is 1. The first-order valence-corrected chi connectivity index (χ1v) is 8.66. The SMILES string of the molecule is COc1ccccc1NCN1C(=O)S/C(=C\c2ccccc2Cl)C1=O. The number of amides is 2. The van der Waals surface area contributed by atoms with Crippen LogP contribution in [0.15, 0.2) is 53.4 Å². The molecule has 0 unspecified atom stereocenters. The lowest BCUT2D eigenvalue weighted by Gasteiger charge is -2.16. The zero-order chi connectivity index (χ0) is 17.8. The molecule has 128 valence electrons. The number of methoxy groups -OCH3 is 1. The lowest BCUT2D eigenvalue weighted by molar-refractivity contribution is -0.122. The van der Waals surface area contributed by atoms with Gasteiger partial charge in [-0.3, -0.25) is 14.5 Å². The Kier molecular flexibility index (Phi) is 5.31. The van der Waals surface area contributed by atoms with Crippen LogP contribution in [0.2, 0.25) is 5.02 Å². The van der Waals surface area contributed by atoms with Gasteiger partial charge in [-0.25, -0.2) is 0 Å². The lowest BCUT2D eigenvalue weighted by atomic mass is 10.2. The number of benzene rings is 2. The van der Waals surface area contributed by atoms with Crippen molar-refractivity contribution in [1.82, 2.24) is 4.90 Å². The number of carbonyl (C=O) groups is 2. The summed E-state index contributed by atoms with van der Waals surface area (Å²) in [5, 5.41) is 3.26. The molecule has 5 nitrogen and oxygen atoms in total. The average Bonchev–Trinajstić information content (AvgIpc) is 2.89. The van der Waals surface area contributed by atoms with Gasteiger partial charge in [-0.2, -0.15) is 0 Å². The molecular weight excluding hydrogens is 360 g/mol. The van der Waals surface area contributed by atoms with Gasteiger partial charge in [0.1, 0.15) is 5.75 Å². The molecule has 0 atom stereocenters. The Hall–Kier alpha value is -2.44. The van der Waals surface area contributed by atoms with E-state index in [-0.39, 0.29) is 17.8 Å². The number of thioether (sulfide) groups is 1. The minimum atomic E-state index is -0.350. The van der Waals surface area contributed by atoms with Crippen molar-refractivity contribution in [3.05, 3.63) is 64.0 Å². The molecule has 0 aromatic heterocycles. The van der Waals surface area contributed by atoms with E-state index in [9.17, 15) is 9.59 Å². The fourth-order valence-electron chi connectivity index (χ4n) is 2.32. The molecule has 0 spiro atoms. The van der Waals surface area contributed by atoms with Crippen LogP contribution in [0.4, 0.5) is 10.5 Å². The third kappa shape index (κ3) is 3.81. The summed E-state index contributed by atoms with van der Waals surface area (Å²) in [6, 6.07) is 14.5. The molecule has 1 heterocycles. The molecule has 2 aromatic rings. The second-order valence-electron chi connectivity index (χ2n) is 5.17. The number of nitrogens with zero attached hydrogens (tertiary/aromatic N) is 1. The first-order chi connectivity index (χ1) is 12.1.